The van der Waals surface area contributed by atoms with Crippen LogP contribution in [0, 0.1) is 11.6 Å². The van der Waals surface area contributed by atoms with Crippen molar-refractivity contribution in [1.29, 1.82) is 0 Å². The zero-order valence-corrected chi connectivity index (χ0v) is 24.2. The highest BCUT2D eigenvalue weighted by Crippen LogP contribution is 2.27. The van der Waals surface area contributed by atoms with Gasteiger partial charge < -0.3 is 29.5 Å². The Labute approximate surface area is 243 Å². The maximum atomic E-state index is 13.8. The molecule has 2 amide bonds. The first kappa shape index (κ1) is 29.4. The number of ether oxygens (including phenoxy) is 2. The van der Waals surface area contributed by atoms with E-state index >= 15 is 0 Å². The minimum absolute atomic E-state index is 0.111. The second kappa shape index (κ2) is 12.4. The normalized spacial score (nSPS) is 16.4. The number of fused-ring (bicyclic) bond motifs is 1. The van der Waals surface area contributed by atoms with Crippen molar-refractivity contribution in [2.45, 2.75) is 39.3 Å². The van der Waals surface area contributed by atoms with Crippen molar-refractivity contribution >= 4 is 34.5 Å². The van der Waals surface area contributed by atoms with Gasteiger partial charge in [0, 0.05) is 57.4 Å². The number of benzene rings is 2. The second-order valence-electron chi connectivity index (χ2n) is 11.5. The van der Waals surface area contributed by atoms with Crippen LogP contribution in [-0.2, 0) is 16.0 Å². The van der Waals surface area contributed by atoms with Crippen LogP contribution in [0.25, 0.3) is 11.0 Å². The zero-order valence-electron chi connectivity index (χ0n) is 24.2. The molecule has 0 saturated carbocycles. The van der Waals surface area contributed by atoms with Crippen molar-refractivity contribution in [2.24, 2.45) is 0 Å². The van der Waals surface area contributed by atoms with Gasteiger partial charge in [0.2, 0.25) is 0 Å². The summed E-state index contributed by atoms with van der Waals surface area (Å²) in [5, 5.41) is 3.22. The zero-order chi connectivity index (χ0) is 29.9. The first-order chi connectivity index (χ1) is 20.1. The summed E-state index contributed by atoms with van der Waals surface area (Å²) in [7, 11) is 0. The van der Waals surface area contributed by atoms with Crippen LogP contribution in [0.4, 0.5) is 25.1 Å². The van der Waals surface area contributed by atoms with Gasteiger partial charge in [-0.05, 0) is 57.0 Å². The van der Waals surface area contributed by atoms with Gasteiger partial charge in [0.05, 0.1) is 30.6 Å². The standard InChI is InChI=1S/C30H36F2N6O4/c1-30(2,3)42-29(40)38-6-4-5-37(7-8-38)28(39)21-15-24(33-18-20-13-22(31)17-23(32)14-20)27-25(16-21)34-19-26(35-27)36-9-11-41-12-10-36/h13-17,19,33H,4-12,18H2,1-3H3. The number of carbonyl (C=O) groups excluding carboxylic acids is 2. The van der Waals surface area contributed by atoms with Gasteiger partial charge in [-0.2, -0.15) is 0 Å². The maximum Gasteiger partial charge on any atom is 0.410 e. The van der Waals surface area contributed by atoms with Crippen LogP contribution < -0.4 is 10.2 Å². The number of halogens is 2. The van der Waals surface area contributed by atoms with Crippen LogP contribution in [0.1, 0.15) is 43.1 Å². The molecule has 1 aromatic heterocycles. The van der Waals surface area contributed by atoms with Gasteiger partial charge >= 0.3 is 6.09 Å². The smallest absolute Gasteiger partial charge is 0.410 e. The van der Waals surface area contributed by atoms with E-state index in [4.69, 9.17) is 14.5 Å². The number of amides is 2. The van der Waals surface area contributed by atoms with Crippen LogP contribution in [0.2, 0.25) is 0 Å². The number of anilines is 2. The van der Waals surface area contributed by atoms with Crippen LogP contribution >= 0.6 is 0 Å². The highest BCUT2D eigenvalue weighted by Gasteiger charge is 2.27. The highest BCUT2D eigenvalue weighted by atomic mass is 19.1. The number of hydrogen-bond donors (Lipinski definition) is 1. The molecule has 2 fully saturated rings. The van der Waals surface area contributed by atoms with E-state index in [9.17, 15) is 18.4 Å². The third-order valence-corrected chi connectivity index (χ3v) is 7.06. The Balaban J connectivity index is 1.41. The minimum atomic E-state index is -0.670. The van der Waals surface area contributed by atoms with E-state index in [1.807, 2.05) is 20.8 Å². The fourth-order valence-electron chi connectivity index (χ4n) is 5.03. The topological polar surface area (TPSA) is 100 Å². The van der Waals surface area contributed by atoms with Gasteiger partial charge in [-0.3, -0.25) is 9.78 Å². The largest absolute Gasteiger partial charge is 0.444 e. The molecular formula is C30H36F2N6O4. The molecular weight excluding hydrogens is 546 g/mol. The molecule has 5 rings (SSSR count). The Morgan fingerprint density at radius 2 is 1.64 bits per heavy atom. The van der Waals surface area contributed by atoms with E-state index in [0.717, 1.165) is 6.07 Å². The van der Waals surface area contributed by atoms with Gasteiger partial charge in [-0.25, -0.2) is 18.6 Å². The molecule has 12 heteroatoms. The molecule has 2 aromatic carbocycles. The van der Waals surface area contributed by atoms with Crippen LogP contribution in [0.15, 0.2) is 36.5 Å². The molecule has 3 heterocycles. The third kappa shape index (κ3) is 7.22. The number of rotatable bonds is 5. The number of aromatic nitrogens is 2. The fourth-order valence-corrected chi connectivity index (χ4v) is 5.03. The van der Waals surface area contributed by atoms with Crippen molar-refractivity contribution in [1.82, 2.24) is 19.8 Å². The van der Waals surface area contributed by atoms with Crippen molar-refractivity contribution < 1.29 is 27.8 Å². The van der Waals surface area contributed by atoms with Crippen molar-refractivity contribution in [3.8, 4) is 0 Å². The summed E-state index contributed by atoms with van der Waals surface area (Å²) in [4.78, 5) is 41.2. The molecule has 0 spiro atoms. The third-order valence-electron chi connectivity index (χ3n) is 7.06. The predicted octanol–water partition coefficient (Wildman–Crippen LogP) is 4.44. The molecule has 2 aliphatic rings. The molecule has 2 aliphatic heterocycles. The fraction of sp³-hybridized carbons (Fsp3) is 0.467. The van der Waals surface area contributed by atoms with E-state index < -0.39 is 23.3 Å². The quantitative estimate of drug-likeness (QED) is 0.472. The van der Waals surface area contributed by atoms with Crippen molar-refractivity contribution in [3.05, 3.63) is 59.3 Å². The summed E-state index contributed by atoms with van der Waals surface area (Å²) in [6.45, 7) is 9.77. The van der Waals surface area contributed by atoms with E-state index in [-0.39, 0.29) is 12.5 Å². The summed E-state index contributed by atoms with van der Waals surface area (Å²) < 4.78 is 38.7. The Morgan fingerprint density at radius 1 is 0.952 bits per heavy atom. The van der Waals surface area contributed by atoms with Gasteiger partial charge in [0.1, 0.15) is 28.6 Å². The van der Waals surface area contributed by atoms with E-state index in [2.05, 4.69) is 15.2 Å². The maximum absolute atomic E-state index is 13.8. The molecule has 224 valence electrons. The monoisotopic (exact) mass is 582 g/mol. The number of nitrogens with zero attached hydrogens (tertiary/aromatic N) is 5. The summed E-state index contributed by atoms with van der Waals surface area (Å²) in [5.74, 6) is -0.866. The number of nitrogens with one attached hydrogen (secondary N) is 1. The average Bonchev–Trinajstić information content (AvgIpc) is 3.21. The predicted molar refractivity (Wildman–Crippen MR) is 155 cm³/mol. The molecule has 1 N–H and O–H groups in total. The summed E-state index contributed by atoms with van der Waals surface area (Å²) >= 11 is 0. The molecule has 42 heavy (non-hydrogen) atoms. The number of carbonyl (C=O) groups is 2. The van der Waals surface area contributed by atoms with Gasteiger partial charge in [-0.1, -0.05) is 0 Å². The Bertz CT molecular complexity index is 1440. The molecule has 0 radical (unpaired) electrons. The number of hydrogen-bond acceptors (Lipinski definition) is 8. The summed E-state index contributed by atoms with van der Waals surface area (Å²) in [6.07, 6.45) is 1.89. The molecule has 0 aliphatic carbocycles. The molecule has 10 nitrogen and oxygen atoms in total. The van der Waals surface area contributed by atoms with Crippen LogP contribution in [0.3, 0.4) is 0 Å². The SMILES string of the molecule is CC(C)(C)OC(=O)N1CCCN(C(=O)c2cc(NCc3cc(F)cc(F)c3)c3nc(N4CCOCC4)cnc3c2)CC1. The first-order valence-corrected chi connectivity index (χ1v) is 14.2. The number of morpholine rings is 1. The lowest BCUT2D eigenvalue weighted by atomic mass is 10.1. The summed E-state index contributed by atoms with van der Waals surface area (Å²) in [5.41, 5.74) is 1.77. The lowest BCUT2D eigenvalue weighted by Gasteiger charge is -2.28. The average molecular weight is 583 g/mol. The molecule has 0 unspecified atom stereocenters. The molecule has 0 atom stereocenters. The molecule has 2 saturated heterocycles. The van der Waals surface area contributed by atoms with Crippen LogP contribution in [0.5, 0.6) is 0 Å². The van der Waals surface area contributed by atoms with Crippen molar-refractivity contribution in [2.75, 3.05) is 62.7 Å². The van der Waals surface area contributed by atoms with Crippen LogP contribution in [-0.4, -0.2) is 89.9 Å². The van der Waals surface area contributed by atoms with Gasteiger partial charge in [-0.15, -0.1) is 0 Å². The van der Waals surface area contributed by atoms with Crippen molar-refractivity contribution in [3.63, 3.8) is 0 Å². The molecule has 0 bridgehead atoms. The Hall–Kier alpha value is -4.06. The van der Waals surface area contributed by atoms with Gasteiger partial charge in [0.15, 0.2) is 0 Å². The highest BCUT2D eigenvalue weighted by molar-refractivity contribution is 6.01. The van der Waals surface area contributed by atoms with E-state index in [0.29, 0.717) is 92.6 Å². The Morgan fingerprint density at radius 3 is 2.36 bits per heavy atom. The second-order valence-corrected chi connectivity index (χ2v) is 11.5. The van der Waals surface area contributed by atoms with Gasteiger partial charge in [0.25, 0.3) is 5.91 Å². The van der Waals surface area contributed by atoms with E-state index in [1.165, 1.54) is 12.1 Å². The Kier molecular flexibility index (Phi) is 8.72. The molecule has 3 aromatic rings. The lowest BCUT2D eigenvalue weighted by Crippen LogP contribution is -2.40. The lowest BCUT2D eigenvalue weighted by molar-refractivity contribution is 0.0255. The minimum Gasteiger partial charge on any atom is -0.444 e. The first-order valence-electron chi connectivity index (χ1n) is 14.2. The summed E-state index contributed by atoms with van der Waals surface area (Å²) in [6, 6.07) is 6.74. The van der Waals surface area contributed by atoms with E-state index in [1.54, 1.807) is 28.1 Å².